The molecule has 4 nitrogen and oxygen atoms in total. The van der Waals surface area contributed by atoms with Crippen LogP contribution in [0.25, 0.3) is 5.69 Å². The first kappa shape index (κ1) is 23.4. The summed E-state index contributed by atoms with van der Waals surface area (Å²) in [7, 11) is 0. The summed E-state index contributed by atoms with van der Waals surface area (Å²) < 4.78 is 88.0. The van der Waals surface area contributed by atoms with Gasteiger partial charge in [-0.3, -0.25) is 0 Å². The first-order chi connectivity index (χ1) is 14.3. The summed E-state index contributed by atoms with van der Waals surface area (Å²) in [6.07, 6.45) is -6.09. The SMILES string of the molecule is Cc1cn(-c2cc(C#N)cc(C(F)(F)F)c2)cn1.N#Cc1cc(F)cc(C(F)(F)F)c1. The summed E-state index contributed by atoms with van der Waals surface area (Å²) in [4.78, 5) is 3.94. The number of aromatic nitrogens is 2. The van der Waals surface area contributed by atoms with E-state index in [-0.39, 0.29) is 16.8 Å². The number of hydrogen-bond acceptors (Lipinski definition) is 3. The third kappa shape index (κ3) is 6.31. The first-order valence-electron chi connectivity index (χ1n) is 8.24. The summed E-state index contributed by atoms with van der Waals surface area (Å²) in [5, 5.41) is 17.0. The summed E-state index contributed by atoms with van der Waals surface area (Å²) in [5.74, 6) is -1.06. The number of hydrogen-bond donors (Lipinski definition) is 0. The van der Waals surface area contributed by atoms with Gasteiger partial charge in [0, 0.05) is 11.9 Å². The lowest BCUT2D eigenvalue weighted by atomic mass is 10.1. The molecule has 0 saturated heterocycles. The molecule has 0 aliphatic rings. The van der Waals surface area contributed by atoms with E-state index in [9.17, 15) is 30.7 Å². The van der Waals surface area contributed by atoms with Crippen LogP contribution in [-0.4, -0.2) is 9.55 Å². The summed E-state index contributed by atoms with van der Waals surface area (Å²) in [6.45, 7) is 1.73. The summed E-state index contributed by atoms with van der Waals surface area (Å²) in [6, 6.07) is 8.06. The zero-order valence-corrected chi connectivity index (χ0v) is 15.6. The van der Waals surface area contributed by atoms with Crippen LogP contribution in [0, 0.1) is 35.4 Å². The van der Waals surface area contributed by atoms with Gasteiger partial charge in [-0.05, 0) is 43.3 Å². The molecule has 1 aromatic heterocycles. The second-order valence-electron chi connectivity index (χ2n) is 6.14. The molecule has 0 spiro atoms. The molecule has 0 radical (unpaired) electrons. The van der Waals surface area contributed by atoms with Gasteiger partial charge in [-0.2, -0.15) is 36.9 Å². The summed E-state index contributed by atoms with van der Waals surface area (Å²) >= 11 is 0. The molecule has 0 saturated carbocycles. The third-order valence-electron chi connectivity index (χ3n) is 3.74. The van der Waals surface area contributed by atoms with Gasteiger partial charge in [-0.15, -0.1) is 0 Å². The van der Waals surface area contributed by atoms with Crippen molar-refractivity contribution in [3.63, 3.8) is 0 Å². The van der Waals surface area contributed by atoms with E-state index in [1.807, 2.05) is 0 Å². The van der Waals surface area contributed by atoms with Crippen LogP contribution in [0.15, 0.2) is 48.9 Å². The van der Waals surface area contributed by atoms with Gasteiger partial charge in [0.25, 0.3) is 0 Å². The quantitative estimate of drug-likeness (QED) is 0.450. The van der Waals surface area contributed by atoms with Gasteiger partial charge < -0.3 is 4.57 Å². The van der Waals surface area contributed by atoms with Crippen molar-refractivity contribution >= 4 is 0 Å². The average molecular weight is 440 g/mol. The Kier molecular flexibility index (Phi) is 6.71. The highest BCUT2D eigenvalue weighted by Gasteiger charge is 2.32. The molecular weight excluding hydrogens is 429 g/mol. The van der Waals surface area contributed by atoms with Crippen molar-refractivity contribution in [2.24, 2.45) is 0 Å². The topological polar surface area (TPSA) is 65.4 Å². The monoisotopic (exact) mass is 440 g/mol. The standard InChI is InChI=1S/C12H8F3N3.C8H3F4N/c1-8-6-18(7-17-8)11-3-9(5-16)2-10(4-11)12(13,14)15;9-7-2-5(4-13)1-6(3-7)8(10,11)12/h2-4,6-7H,1H3;1-3H. The van der Waals surface area contributed by atoms with Gasteiger partial charge in [0.1, 0.15) is 5.82 Å². The Labute approximate surface area is 171 Å². The molecule has 11 heteroatoms. The average Bonchev–Trinajstić information content (AvgIpc) is 3.12. The van der Waals surface area contributed by atoms with Gasteiger partial charge in [-0.25, -0.2) is 9.37 Å². The second-order valence-corrected chi connectivity index (χ2v) is 6.14. The number of nitrogens with zero attached hydrogens (tertiary/aromatic N) is 4. The molecule has 2 aromatic carbocycles. The van der Waals surface area contributed by atoms with Gasteiger partial charge in [-0.1, -0.05) is 0 Å². The molecule has 0 bridgehead atoms. The number of rotatable bonds is 1. The molecule has 1 heterocycles. The molecule has 160 valence electrons. The van der Waals surface area contributed by atoms with Crippen LogP contribution in [0.3, 0.4) is 0 Å². The Morgan fingerprint density at radius 3 is 1.77 bits per heavy atom. The van der Waals surface area contributed by atoms with Crippen LogP contribution >= 0.6 is 0 Å². The molecule has 3 rings (SSSR count). The zero-order chi connectivity index (χ0) is 23.4. The number of halogens is 7. The lowest BCUT2D eigenvalue weighted by molar-refractivity contribution is -0.138. The van der Waals surface area contributed by atoms with E-state index in [0.717, 1.165) is 18.2 Å². The van der Waals surface area contributed by atoms with Crippen molar-refractivity contribution in [1.82, 2.24) is 9.55 Å². The Hall–Kier alpha value is -3.86. The molecule has 0 unspecified atom stereocenters. The molecule has 0 amide bonds. The largest absolute Gasteiger partial charge is 0.416 e. The Morgan fingerprint density at radius 2 is 1.32 bits per heavy atom. The first-order valence-corrected chi connectivity index (χ1v) is 8.24. The van der Waals surface area contributed by atoms with Crippen LogP contribution in [0.4, 0.5) is 30.7 Å². The minimum absolute atomic E-state index is 0.0359. The molecule has 3 aromatic rings. The highest BCUT2D eigenvalue weighted by atomic mass is 19.4. The number of alkyl halides is 6. The Bertz CT molecular complexity index is 1160. The van der Waals surface area contributed by atoms with Gasteiger partial charge in [0.15, 0.2) is 0 Å². The maximum absolute atomic E-state index is 12.7. The van der Waals surface area contributed by atoms with E-state index in [1.165, 1.54) is 23.0 Å². The molecule has 0 aliphatic carbocycles. The van der Waals surface area contributed by atoms with Gasteiger partial charge in [0.2, 0.25) is 0 Å². The minimum Gasteiger partial charge on any atom is -0.306 e. The third-order valence-corrected chi connectivity index (χ3v) is 3.74. The number of aryl methyl sites for hydroxylation is 1. The van der Waals surface area contributed by atoms with Crippen molar-refractivity contribution in [2.75, 3.05) is 0 Å². The fourth-order valence-corrected chi connectivity index (χ4v) is 2.37. The van der Waals surface area contributed by atoms with Crippen LogP contribution < -0.4 is 0 Å². The molecule has 0 N–H and O–H groups in total. The fourth-order valence-electron chi connectivity index (χ4n) is 2.37. The summed E-state index contributed by atoms with van der Waals surface area (Å²) in [5.41, 5.74) is -1.42. The maximum Gasteiger partial charge on any atom is 0.416 e. The van der Waals surface area contributed by atoms with Crippen molar-refractivity contribution in [3.05, 3.63) is 82.7 Å². The van der Waals surface area contributed by atoms with Crippen molar-refractivity contribution in [2.45, 2.75) is 19.3 Å². The highest BCUT2D eigenvalue weighted by Crippen LogP contribution is 2.32. The van der Waals surface area contributed by atoms with E-state index < -0.39 is 29.3 Å². The van der Waals surface area contributed by atoms with Gasteiger partial charge in [0.05, 0.1) is 46.4 Å². The van der Waals surface area contributed by atoms with E-state index in [2.05, 4.69) is 4.98 Å². The van der Waals surface area contributed by atoms with E-state index in [1.54, 1.807) is 19.2 Å². The highest BCUT2D eigenvalue weighted by molar-refractivity contribution is 5.46. The minimum atomic E-state index is -4.62. The van der Waals surface area contributed by atoms with Gasteiger partial charge >= 0.3 is 12.4 Å². The Balaban J connectivity index is 0.000000233. The lowest BCUT2D eigenvalue weighted by Gasteiger charge is -2.10. The fraction of sp³-hybridized carbons (Fsp3) is 0.150. The second kappa shape index (κ2) is 8.88. The van der Waals surface area contributed by atoms with Crippen LogP contribution in [-0.2, 0) is 12.4 Å². The van der Waals surface area contributed by atoms with Crippen LogP contribution in [0.2, 0.25) is 0 Å². The molecule has 31 heavy (non-hydrogen) atoms. The normalized spacial score (nSPS) is 11.2. The van der Waals surface area contributed by atoms with E-state index >= 15 is 0 Å². The molecule has 0 atom stereocenters. The van der Waals surface area contributed by atoms with E-state index in [4.69, 9.17) is 10.5 Å². The van der Waals surface area contributed by atoms with Crippen molar-refractivity contribution < 1.29 is 30.7 Å². The molecular formula is C20H11F7N4. The Morgan fingerprint density at radius 1 is 0.806 bits per heavy atom. The number of benzene rings is 2. The maximum atomic E-state index is 12.7. The molecule has 0 fully saturated rings. The smallest absolute Gasteiger partial charge is 0.306 e. The number of nitriles is 2. The van der Waals surface area contributed by atoms with E-state index in [0.29, 0.717) is 17.8 Å². The van der Waals surface area contributed by atoms with Crippen molar-refractivity contribution in [1.29, 1.82) is 10.5 Å². The molecule has 0 aliphatic heterocycles. The number of imidazole rings is 1. The van der Waals surface area contributed by atoms with Crippen LogP contribution in [0.1, 0.15) is 27.9 Å². The predicted molar refractivity (Wildman–Crippen MR) is 94.1 cm³/mol. The zero-order valence-electron chi connectivity index (χ0n) is 15.6. The van der Waals surface area contributed by atoms with Crippen LogP contribution in [0.5, 0.6) is 0 Å². The van der Waals surface area contributed by atoms with Crippen molar-refractivity contribution in [3.8, 4) is 17.8 Å². The predicted octanol–water partition coefficient (Wildman–Crippen LogP) is 5.79. The lowest BCUT2D eigenvalue weighted by Crippen LogP contribution is -2.06.